The lowest BCUT2D eigenvalue weighted by Gasteiger charge is -2.34. The van der Waals surface area contributed by atoms with Gasteiger partial charge >= 0.3 is 6.18 Å². The minimum absolute atomic E-state index is 0.159. The van der Waals surface area contributed by atoms with E-state index in [1.54, 1.807) is 13.0 Å². The largest absolute Gasteiger partial charge is 0.398 e. The number of carbonyl (C=O) groups excluding carboxylic acids is 1. The average Bonchev–Trinajstić information content (AvgIpc) is 3.14. The maximum Gasteiger partial charge on any atom is 0.398 e. The molecule has 0 aromatic heterocycles. The normalized spacial score (nSPS) is 19.7. The van der Waals surface area contributed by atoms with Crippen molar-refractivity contribution in [2.24, 2.45) is 15.6 Å². The zero-order valence-corrected chi connectivity index (χ0v) is 20.8. The fraction of sp³-hybridized carbons (Fsp3) is 0.435. The third-order valence-electron chi connectivity index (χ3n) is 5.69. The molecule has 1 amide bonds. The van der Waals surface area contributed by atoms with E-state index in [1.165, 1.54) is 26.1 Å². The minimum atomic E-state index is -4.66. The summed E-state index contributed by atoms with van der Waals surface area (Å²) in [4.78, 5) is 21.6. The van der Waals surface area contributed by atoms with E-state index in [-0.39, 0.29) is 22.9 Å². The molecular weight excluding hydrogens is 497 g/mol. The molecule has 0 aliphatic carbocycles. The number of allylic oxidation sites excluding steroid dienone is 4. The molecule has 1 aromatic carbocycles. The van der Waals surface area contributed by atoms with Crippen LogP contribution in [0.3, 0.4) is 0 Å². The van der Waals surface area contributed by atoms with Gasteiger partial charge in [0.15, 0.2) is 5.17 Å². The molecule has 34 heavy (non-hydrogen) atoms. The number of rotatable bonds is 7. The first-order valence-corrected chi connectivity index (χ1v) is 11.0. The second kappa shape index (κ2) is 10.9. The number of alkyl halides is 3. The van der Waals surface area contributed by atoms with Gasteiger partial charge in [0, 0.05) is 24.7 Å². The van der Waals surface area contributed by atoms with Gasteiger partial charge in [-0.3, -0.25) is 9.79 Å². The van der Waals surface area contributed by atoms with Crippen molar-refractivity contribution < 1.29 is 27.2 Å². The maximum atomic E-state index is 14.2. The van der Waals surface area contributed by atoms with Gasteiger partial charge < -0.3 is 10.2 Å². The van der Waals surface area contributed by atoms with E-state index in [4.69, 9.17) is 28.0 Å². The van der Waals surface area contributed by atoms with Gasteiger partial charge in [0.05, 0.1) is 16.9 Å². The van der Waals surface area contributed by atoms with E-state index in [0.29, 0.717) is 16.7 Å². The lowest BCUT2D eigenvalue weighted by molar-refractivity contribution is -0.201. The monoisotopic (exact) mass is 521 g/mol. The third kappa shape index (κ3) is 6.39. The number of hydrogen-bond acceptors (Lipinski definition) is 4. The topological polar surface area (TPSA) is 63.0 Å². The first-order valence-electron chi connectivity index (χ1n) is 10.2. The van der Waals surface area contributed by atoms with E-state index in [0.717, 1.165) is 19.9 Å². The Labute approximate surface area is 205 Å². The molecule has 0 saturated carbocycles. The fourth-order valence-electron chi connectivity index (χ4n) is 3.30. The summed E-state index contributed by atoms with van der Waals surface area (Å²) in [6.07, 6.45) is -4.65. The first kappa shape index (κ1) is 27.9. The average molecular weight is 522 g/mol. The Balaban J connectivity index is 2.33. The molecule has 0 radical (unpaired) electrons. The number of amides is 1. The SMILES string of the molecule is CN=C(CC(C)(/C(C)=C/C(Cl)=C(\C)F)C(F)(F)F)c1ccc(C(=O)NC2CC(Cl)=NO2)c(C)c1. The quantitative estimate of drug-likeness (QED) is 0.244. The van der Waals surface area contributed by atoms with Crippen molar-refractivity contribution in [1.29, 1.82) is 0 Å². The number of hydrogen-bond donors (Lipinski definition) is 1. The Hall–Kier alpha value is -2.39. The lowest BCUT2D eigenvalue weighted by atomic mass is 9.76. The highest BCUT2D eigenvalue weighted by Crippen LogP contribution is 2.47. The van der Waals surface area contributed by atoms with Gasteiger partial charge in [0.2, 0.25) is 6.23 Å². The molecule has 5 nitrogen and oxygen atoms in total. The highest BCUT2D eigenvalue weighted by atomic mass is 35.5. The molecule has 1 heterocycles. The maximum absolute atomic E-state index is 14.2. The summed E-state index contributed by atoms with van der Waals surface area (Å²) in [5.41, 5.74) is -1.09. The number of nitrogens with zero attached hydrogens (tertiary/aromatic N) is 2. The Morgan fingerprint density at radius 3 is 2.47 bits per heavy atom. The van der Waals surface area contributed by atoms with Crippen LogP contribution in [0.5, 0.6) is 0 Å². The smallest absolute Gasteiger partial charge is 0.369 e. The van der Waals surface area contributed by atoms with Gasteiger partial charge in [-0.15, -0.1) is 0 Å². The minimum Gasteiger partial charge on any atom is -0.369 e. The van der Waals surface area contributed by atoms with Crippen LogP contribution < -0.4 is 5.32 Å². The Kier molecular flexibility index (Phi) is 8.93. The molecule has 1 N–H and O–H groups in total. The summed E-state index contributed by atoms with van der Waals surface area (Å²) in [7, 11) is 1.39. The van der Waals surface area contributed by atoms with Crippen LogP contribution in [0.15, 0.2) is 50.9 Å². The van der Waals surface area contributed by atoms with Crippen LogP contribution in [0, 0.1) is 12.3 Å². The van der Waals surface area contributed by atoms with Crippen molar-refractivity contribution in [3.8, 4) is 0 Å². The van der Waals surface area contributed by atoms with Gasteiger partial charge in [-0.2, -0.15) is 13.2 Å². The summed E-state index contributed by atoms with van der Waals surface area (Å²) < 4.78 is 55.8. The molecule has 11 heteroatoms. The van der Waals surface area contributed by atoms with Gasteiger partial charge in [-0.05, 0) is 57.0 Å². The van der Waals surface area contributed by atoms with Gasteiger partial charge in [-0.25, -0.2) is 4.39 Å². The van der Waals surface area contributed by atoms with Crippen LogP contribution in [-0.4, -0.2) is 36.2 Å². The summed E-state index contributed by atoms with van der Waals surface area (Å²) in [5.74, 6) is -1.22. The fourth-order valence-corrected chi connectivity index (χ4v) is 3.65. The lowest BCUT2D eigenvalue weighted by Crippen LogP contribution is -2.38. The van der Waals surface area contributed by atoms with Crippen LogP contribution >= 0.6 is 23.2 Å². The molecule has 186 valence electrons. The van der Waals surface area contributed by atoms with Crippen molar-refractivity contribution in [3.05, 3.63) is 57.4 Å². The summed E-state index contributed by atoms with van der Waals surface area (Å²) >= 11 is 11.5. The molecule has 0 spiro atoms. The second-order valence-corrected chi connectivity index (χ2v) is 9.00. The van der Waals surface area contributed by atoms with Crippen molar-refractivity contribution >= 4 is 40.0 Å². The summed E-state index contributed by atoms with van der Waals surface area (Å²) in [5, 5.41) is 6.03. The first-order chi connectivity index (χ1) is 15.7. The standard InChI is InChI=1S/C23H25Cl2F4N3O2/c1-12-8-15(6-7-16(12)21(33)31-20-10-19(25)32-34-20)18(30-5)11-22(4,23(27,28)29)13(2)9-17(24)14(3)26/h6-9,20H,10-11H2,1-5H3,(H,31,33)/b13-9+,17-14-,30-18?. The number of nitrogens with one attached hydrogen (secondary N) is 1. The van der Waals surface area contributed by atoms with E-state index < -0.39 is 41.0 Å². The zero-order valence-electron chi connectivity index (χ0n) is 19.3. The van der Waals surface area contributed by atoms with E-state index in [9.17, 15) is 22.4 Å². The Morgan fingerprint density at radius 2 is 2.00 bits per heavy atom. The highest BCUT2D eigenvalue weighted by molar-refractivity contribution is 6.65. The van der Waals surface area contributed by atoms with Gasteiger partial charge in [-0.1, -0.05) is 40.0 Å². The number of oxime groups is 1. The number of aliphatic imine (C=N–C) groups is 1. The van der Waals surface area contributed by atoms with Crippen molar-refractivity contribution in [3.63, 3.8) is 0 Å². The van der Waals surface area contributed by atoms with E-state index >= 15 is 0 Å². The summed E-state index contributed by atoms with van der Waals surface area (Å²) in [6.45, 7) is 5.00. The molecule has 2 unspecified atom stereocenters. The predicted molar refractivity (Wildman–Crippen MR) is 126 cm³/mol. The Morgan fingerprint density at radius 1 is 1.35 bits per heavy atom. The van der Waals surface area contributed by atoms with E-state index in [1.807, 2.05) is 0 Å². The van der Waals surface area contributed by atoms with Crippen LogP contribution in [0.4, 0.5) is 17.6 Å². The van der Waals surface area contributed by atoms with Gasteiger partial charge in [0.25, 0.3) is 5.91 Å². The van der Waals surface area contributed by atoms with Crippen LogP contribution in [-0.2, 0) is 4.84 Å². The van der Waals surface area contributed by atoms with Crippen molar-refractivity contribution in [2.45, 2.75) is 52.9 Å². The number of benzene rings is 1. The molecule has 1 aromatic rings. The second-order valence-electron chi connectivity index (χ2n) is 8.15. The molecule has 1 aliphatic heterocycles. The van der Waals surface area contributed by atoms with E-state index in [2.05, 4.69) is 15.5 Å². The van der Waals surface area contributed by atoms with Crippen LogP contribution in [0.1, 0.15) is 55.1 Å². The van der Waals surface area contributed by atoms with Crippen molar-refractivity contribution in [1.82, 2.24) is 5.32 Å². The summed E-state index contributed by atoms with van der Waals surface area (Å²) in [6, 6.07) is 4.62. The molecule has 0 bridgehead atoms. The number of aryl methyl sites for hydroxylation is 1. The molecular formula is C23H25Cl2F4N3O2. The molecule has 2 rings (SSSR count). The third-order valence-corrected chi connectivity index (χ3v) is 6.28. The van der Waals surface area contributed by atoms with Gasteiger partial charge in [0.1, 0.15) is 5.83 Å². The van der Waals surface area contributed by atoms with Crippen LogP contribution in [0.25, 0.3) is 0 Å². The molecule has 0 fully saturated rings. The van der Waals surface area contributed by atoms with Crippen LogP contribution in [0.2, 0.25) is 0 Å². The molecule has 0 saturated heterocycles. The number of carbonyl (C=O) groups is 1. The highest BCUT2D eigenvalue weighted by Gasteiger charge is 2.52. The van der Waals surface area contributed by atoms with Crippen molar-refractivity contribution in [2.75, 3.05) is 7.05 Å². The molecule has 2 atom stereocenters. The predicted octanol–water partition coefficient (Wildman–Crippen LogP) is 6.79. The zero-order chi connectivity index (χ0) is 25.8. The molecule has 1 aliphatic rings. The number of halogens is 6. The Bertz CT molecular complexity index is 1080.